The summed E-state index contributed by atoms with van der Waals surface area (Å²) in [5.74, 6) is 0. The molecule has 0 saturated heterocycles. The Morgan fingerprint density at radius 2 is 0.905 bits per heavy atom. The smallest absolute Gasteiger partial charge is 0.145 e. The molecule has 6 aromatic carbocycles. The monoisotopic (exact) mass is 537 g/mol. The van der Waals surface area contributed by atoms with Crippen molar-refractivity contribution in [3.63, 3.8) is 0 Å². The number of pyridine rings is 1. The lowest BCUT2D eigenvalue weighted by atomic mass is 10.0. The first-order chi connectivity index (χ1) is 20.8. The Kier molecular flexibility index (Phi) is 5.79. The van der Waals surface area contributed by atoms with E-state index >= 15 is 0 Å². The number of benzene rings is 6. The molecule has 0 fully saturated rings. The summed E-state index contributed by atoms with van der Waals surface area (Å²) in [7, 11) is 0. The Morgan fingerprint density at radius 1 is 0.405 bits per heavy atom. The molecule has 0 unspecified atom stereocenters. The number of fused-ring (bicyclic) bond motifs is 6. The van der Waals surface area contributed by atoms with Crippen molar-refractivity contribution in [2.45, 2.75) is 0 Å². The van der Waals surface area contributed by atoms with Gasteiger partial charge in [0.25, 0.3) is 0 Å². The maximum Gasteiger partial charge on any atom is 0.145 e. The Morgan fingerprint density at radius 3 is 1.60 bits per heavy atom. The minimum absolute atomic E-state index is 0.979. The van der Waals surface area contributed by atoms with E-state index in [0.717, 1.165) is 44.9 Å². The number of imidazole rings is 1. The highest BCUT2D eigenvalue weighted by Gasteiger charge is 2.16. The first-order valence-corrected chi connectivity index (χ1v) is 14.2. The van der Waals surface area contributed by atoms with Crippen molar-refractivity contribution in [1.29, 1.82) is 0 Å². The second-order valence-electron chi connectivity index (χ2n) is 10.5. The number of para-hydroxylation sites is 2. The third-order valence-electron chi connectivity index (χ3n) is 8.03. The summed E-state index contributed by atoms with van der Waals surface area (Å²) in [5, 5.41) is 3.61. The van der Waals surface area contributed by atoms with Gasteiger partial charge in [-0.25, -0.2) is 4.98 Å². The summed E-state index contributed by atoms with van der Waals surface area (Å²) in [6.45, 7) is 0. The SMILES string of the molecule is c1ccc(-c2ccc(N(c3ccccc3)c3ccc(-c4cnc5c6ccccc6c6ccccc6n45)cc3)cc2)cc1. The zero-order valence-corrected chi connectivity index (χ0v) is 22.9. The van der Waals surface area contributed by atoms with Gasteiger partial charge in [-0.2, -0.15) is 0 Å². The third-order valence-corrected chi connectivity index (χ3v) is 8.03. The minimum Gasteiger partial charge on any atom is -0.311 e. The van der Waals surface area contributed by atoms with Crippen molar-refractivity contribution in [2.24, 2.45) is 0 Å². The van der Waals surface area contributed by atoms with Gasteiger partial charge in [0.2, 0.25) is 0 Å². The zero-order valence-electron chi connectivity index (χ0n) is 22.9. The van der Waals surface area contributed by atoms with Crippen LogP contribution in [0.5, 0.6) is 0 Å². The van der Waals surface area contributed by atoms with Crippen LogP contribution in [0, 0.1) is 0 Å². The van der Waals surface area contributed by atoms with Crippen LogP contribution in [0.25, 0.3) is 49.7 Å². The fourth-order valence-electron chi connectivity index (χ4n) is 6.04. The number of hydrogen-bond donors (Lipinski definition) is 0. The molecule has 198 valence electrons. The van der Waals surface area contributed by atoms with E-state index in [2.05, 4.69) is 167 Å². The van der Waals surface area contributed by atoms with Crippen molar-refractivity contribution in [3.05, 3.63) is 164 Å². The van der Waals surface area contributed by atoms with Crippen LogP contribution in [0.4, 0.5) is 17.1 Å². The summed E-state index contributed by atoms with van der Waals surface area (Å²) in [6.07, 6.45) is 2.00. The van der Waals surface area contributed by atoms with Crippen molar-refractivity contribution in [2.75, 3.05) is 4.90 Å². The molecule has 3 nitrogen and oxygen atoms in total. The molecule has 0 aliphatic heterocycles. The summed E-state index contributed by atoms with van der Waals surface area (Å²) in [6, 6.07) is 55.8. The summed E-state index contributed by atoms with van der Waals surface area (Å²) < 4.78 is 2.30. The maximum atomic E-state index is 4.91. The number of rotatable bonds is 5. The lowest BCUT2D eigenvalue weighted by Gasteiger charge is -2.26. The van der Waals surface area contributed by atoms with Gasteiger partial charge in [-0.15, -0.1) is 0 Å². The predicted molar refractivity (Wildman–Crippen MR) is 176 cm³/mol. The fraction of sp³-hybridized carbons (Fsp3) is 0. The molecule has 0 N–H and O–H groups in total. The highest BCUT2D eigenvalue weighted by Crippen LogP contribution is 2.38. The van der Waals surface area contributed by atoms with Crippen LogP contribution in [0.1, 0.15) is 0 Å². The van der Waals surface area contributed by atoms with E-state index in [9.17, 15) is 0 Å². The standard InChI is InChI=1S/C39H27N3/c1-3-11-28(12-4-1)29-19-23-32(24-20-29)41(31-13-5-2-6-14-31)33-25-21-30(22-26-33)38-27-40-39-36-17-8-7-15-34(36)35-16-9-10-18-37(35)42(38)39/h1-27H. The number of anilines is 3. The molecular weight excluding hydrogens is 510 g/mol. The highest BCUT2D eigenvalue weighted by molar-refractivity contribution is 6.12. The summed E-state index contributed by atoms with van der Waals surface area (Å²) in [4.78, 5) is 7.21. The van der Waals surface area contributed by atoms with Gasteiger partial charge >= 0.3 is 0 Å². The molecule has 2 heterocycles. The van der Waals surface area contributed by atoms with E-state index in [0.29, 0.717) is 0 Å². The number of aromatic nitrogens is 2. The van der Waals surface area contributed by atoms with Crippen molar-refractivity contribution in [1.82, 2.24) is 9.38 Å². The molecule has 0 saturated carbocycles. The van der Waals surface area contributed by atoms with Gasteiger partial charge in [0, 0.05) is 33.4 Å². The van der Waals surface area contributed by atoms with E-state index in [4.69, 9.17) is 4.98 Å². The number of nitrogens with zero attached hydrogens (tertiary/aromatic N) is 3. The maximum absolute atomic E-state index is 4.91. The average molecular weight is 538 g/mol. The predicted octanol–water partition coefficient (Wildman–Crippen LogP) is 10.4. The second-order valence-corrected chi connectivity index (χ2v) is 10.5. The van der Waals surface area contributed by atoms with Crippen LogP contribution < -0.4 is 4.90 Å². The zero-order chi connectivity index (χ0) is 27.9. The van der Waals surface area contributed by atoms with Crippen LogP contribution >= 0.6 is 0 Å². The Labute approximate surface area is 244 Å². The van der Waals surface area contributed by atoms with E-state index in [-0.39, 0.29) is 0 Å². The largest absolute Gasteiger partial charge is 0.311 e. The van der Waals surface area contributed by atoms with E-state index in [1.807, 2.05) is 6.20 Å². The quantitative estimate of drug-likeness (QED) is 0.204. The molecule has 42 heavy (non-hydrogen) atoms. The molecule has 0 spiro atoms. The van der Waals surface area contributed by atoms with Gasteiger partial charge in [-0.1, -0.05) is 115 Å². The molecule has 0 atom stereocenters. The van der Waals surface area contributed by atoms with E-state index < -0.39 is 0 Å². The third kappa shape index (κ3) is 4.03. The minimum atomic E-state index is 0.979. The molecule has 0 amide bonds. The average Bonchev–Trinajstić information content (AvgIpc) is 3.53. The van der Waals surface area contributed by atoms with Crippen molar-refractivity contribution in [3.8, 4) is 22.4 Å². The molecule has 2 aromatic heterocycles. The lowest BCUT2D eigenvalue weighted by Crippen LogP contribution is -2.09. The normalized spacial score (nSPS) is 11.3. The van der Waals surface area contributed by atoms with Crippen molar-refractivity contribution >= 4 is 44.4 Å². The highest BCUT2D eigenvalue weighted by atomic mass is 15.1. The fourth-order valence-corrected chi connectivity index (χ4v) is 6.04. The molecule has 3 heteroatoms. The molecule has 0 radical (unpaired) electrons. The van der Waals surface area contributed by atoms with Crippen LogP contribution in [0.2, 0.25) is 0 Å². The van der Waals surface area contributed by atoms with Gasteiger partial charge in [0.1, 0.15) is 5.65 Å². The molecule has 8 aromatic rings. The number of hydrogen-bond acceptors (Lipinski definition) is 2. The Balaban J connectivity index is 1.23. The van der Waals surface area contributed by atoms with Crippen molar-refractivity contribution < 1.29 is 0 Å². The Bertz CT molecular complexity index is 2160. The van der Waals surface area contributed by atoms with Gasteiger partial charge in [0.15, 0.2) is 0 Å². The van der Waals surface area contributed by atoms with Crippen LogP contribution in [-0.4, -0.2) is 9.38 Å². The van der Waals surface area contributed by atoms with Gasteiger partial charge in [0.05, 0.1) is 17.4 Å². The molecular formula is C39H27N3. The van der Waals surface area contributed by atoms with Crippen LogP contribution in [0.15, 0.2) is 164 Å². The van der Waals surface area contributed by atoms with Crippen LogP contribution in [0.3, 0.4) is 0 Å². The summed E-state index contributed by atoms with van der Waals surface area (Å²) in [5.41, 5.74) is 10.1. The Hall–Kier alpha value is -5.67. The first kappa shape index (κ1) is 24.2. The molecule has 0 aliphatic carbocycles. The first-order valence-electron chi connectivity index (χ1n) is 14.2. The van der Waals surface area contributed by atoms with Crippen LogP contribution in [-0.2, 0) is 0 Å². The lowest BCUT2D eigenvalue weighted by molar-refractivity contribution is 1.26. The topological polar surface area (TPSA) is 20.5 Å². The van der Waals surface area contributed by atoms with E-state index in [1.165, 1.54) is 21.9 Å². The molecule has 0 bridgehead atoms. The van der Waals surface area contributed by atoms with Gasteiger partial charge < -0.3 is 4.90 Å². The van der Waals surface area contributed by atoms with E-state index in [1.54, 1.807) is 0 Å². The summed E-state index contributed by atoms with van der Waals surface area (Å²) >= 11 is 0. The van der Waals surface area contributed by atoms with Gasteiger partial charge in [-0.05, 0) is 59.0 Å². The molecule has 8 rings (SSSR count). The van der Waals surface area contributed by atoms with Gasteiger partial charge in [-0.3, -0.25) is 4.40 Å². The molecule has 0 aliphatic rings. The second kappa shape index (κ2) is 10.1.